The molecule has 28 heavy (non-hydrogen) atoms. The summed E-state index contributed by atoms with van der Waals surface area (Å²) in [4.78, 5) is 8.08. The van der Waals surface area contributed by atoms with Gasteiger partial charge in [-0.3, -0.25) is 0 Å². The summed E-state index contributed by atoms with van der Waals surface area (Å²) in [5.74, 6) is 1.95. The van der Waals surface area contributed by atoms with E-state index in [0.29, 0.717) is 18.3 Å². The molecule has 2 heterocycles. The molecule has 0 bridgehead atoms. The number of hydrogen-bond donors (Lipinski definition) is 1. The minimum Gasteiger partial charge on any atom is -0.492 e. The highest BCUT2D eigenvalue weighted by molar-refractivity contribution is 5.74. The molecule has 1 aromatic heterocycles. The monoisotopic (exact) mass is 386 g/mol. The summed E-state index contributed by atoms with van der Waals surface area (Å²) < 4.78 is 44.6. The Balaban J connectivity index is 1.30. The maximum atomic E-state index is 13.0. The Bertz CT molecular complexity index is 983. The van der Waals surface area contributed by atoms with Crippen LogP contribution in [0.4, 0.5) is 13.2 Å². The SMILES string of the molecule is FC(F)(F)c1ccc2c(c1)OCC21CCC(Cc2nc3ccccc3[nH]2)CC1. The molecule has 3 aromatic rings. The topological polar surface area (TPSA) is 37.9 Å². The summed E-state index contributed by atoms with van der Waals surface area (Å²) in [5.41, 5.74) is 2.22. The summed E-state index contributed by atoms with van der Waals surface area (Å²) in [5, 5.41) is 0. The molecule has 2 aromatic carbocycles. The van der Waals surface area contributed by atoms with Gasteiger partial charge in [0.25, 0.3) is 0 Å². The van der Waals surface area contributed by atoms with Crippen LogP contribution in [-0.4, -0.2) is 16.6 Å². The van der Waals surface area contributed by atoms with Gasteiger partial charge in [0.1, 0.15) is 11.6 Å². The first-order chi connectivity index (χ1) is 13.4. The molecule has 0 unspecified atom stereocenters. The normalized spacial score (nSPS) is 24.5. The standard InChI is InChI=1S/C22H21F3N2O/c23-22(24,25)15-5-6-16-19(12-15)28-13-21(16)9-7-14(8-10-21)11-20-26-17-3-1-2-4-18(17)27-20/h1-6,12,14H,7-11,13H2,(H,26,27). The second kappa shape index (κ2) is 6.26. The highest BCUT2D eigenvalue weighted by Crippen LogP contribution is 2.50. The number of benzene rings is 2. The molecule has 2 aliphatic rings. The maximum absolute atomic E-state index is 13.0. The first-order valence-corrected chi connectivity index (χ1v) is 9.71. The number of halogens is 3. The van der Waals surface area contributed by atoms with Gasteiger partial charge in [-0.2, -0.15) is 13.2 Å². The third kappa shape index (κ3) is 2.95. The fourth-order valence-corrected chi connectivity index (χ4v) is 4.77. The van der Waals surface area contributed by atoms with Gasteiger partial charge in [0.2, 0.25) is 0 Å². The second-order valence-electron chi connectivity index (χ2n) is 8.13. The second-order valence-corrected chi connectivity index (χ2v) is 8.13. The molecular weight excluding hydrogens is 365 g/mol. The Labute approximate surface area is 160 Å². The zero-order chi connectivity index (χ0) is 19.4. The number of rotatable bonds is 2. The number of aromatic amines is 1. The van der Waals surface area contributed by atoms with Crippen molar-refractivity contribution in [2.75, 3.05) is 6.61 Å². The van der Waals surface area contributed by atoms with Gasteiger partial charge >= 0.3 is 6.18 Å². The molecule has 6 heteroatoms. The van der Waals surface area contributed by atoms with Crippen LogP contribution in [0.1, 0.15) is 42.6 Å². The van der Waals surface area contributed by atoms with Crippen molar-refractivity contribution in [1.82, 2.24) is 9.97 Å². The predicted octanol–water partition coefficient (Wildman–Crippen LogP) is 5.64. The fourth-order valence-electron chi connectivity index (χ4n) is 4.77. The summed E-state index contributed by atoms with van der Waals surface area (Å²) in [6.45, 7) is 0.487. The number of hydrogen-bond acceptors (Lipinski definition) is 2. The van der Waals surface area contributed by atoms with Crippen LogP contribution in [0.2, 0.25) is 0 Å². The molecule has 0 saturated heterocycles. The van der Waals surface area contributed by atoms with Gasteiger partial charge in [-0.15, -0.1) is 0 Å². The molecule has 3 nitrogen and oxygen atoms in total. The van der Waals surface area contributed by atoms with Gasteiger partial charge in [0.15, 0.2) is 0 Å². The predicted molar refractivity (Wildman–Crippen MR) is 100 cm³/mol. The summed E-state index contributed by atoms with van der Waals surface area (Å²) in [6.07, 6.45) is 0.512. The molecule has 146 valence electrons. The van der Waals surface area contributed by atoms with Crippen LogP contribution < -0.4 is 4.74 Å². The lowest BCUT2D eigenvalue weighted by atomic mass is 9.67. The summed E-state index contributed by atoms with van der Waals surface area (Å²) in [6, 6.07) is 12.0. The maximum Gasteiger partial charge on any atom is 0.416 e. The van der Waals surface area contributed by atoms with E-state index in [2.05, 4.69) is 9.97 Å². The third-order valence-electron chi connectivity index (χ3n) is 6.37. The number of nitrogens with one attached hydrogen (secondary N) is 1. The first kappa shape index (κ1) is 17.6. The lowest BCUT2D eigenvalue weighted by Crippen LogP contribution is -2.33. The van der Waals surface area contributed by atoms with E-state index in [1.165, 1.54) is 6.07 Å². The molecule has 1 aliphatic carbocycles. The van der Waals surface area contributed by atoms with Crippen LogP contribution in [0.5, 0.6) is 5.75 Å². The average molecular weight is 386 g/mol. The van der Waals surface area contributed by atoms with Crippen molar-refractivity contribution in [3.05, 3.63) is 59.4 Å². The van der Waals surface area contributed by atoms with Gasteiger partial charge < -0.3 is 9.72 Å². The van der Waals surface area contributed by atoms with Gasteiger partial charge in [-0.1, -0.05) is 18.2 Å². The number of H-pyrrole nitrogens is 1. The van der Waals surface area contributed by atoms with Crippen molar-refractivity contribution in [2.45, 2.75) is 43.7 Å². The van der Waals surface area contributed by atoms with Crippen LogP contribution in [0.3, 0.4) is 0 Å². The molecule has 1 spiro atoms. The number of nitrogens with zero attached hydrogens (tertiary/aromatic N) is 1. The van der Waals surface area contributed by atoms with Crippen molar-refractivity contribution < 1.29 is 17.9 Å². The van der Waals surface area contributed by atoms with E-state index in [-0.39, 0.29) is 5.41 Å². The number of alkyl halides is 3. The smallest absolute Gasteiger partial charge is 0.416 e. The fraction of sp³-hybridized carbons (Fsp3) is 0.409. The quantitative estimate of drug-likeness (QED) is 0.618. The summed E-state index contributed by atoms with van der Waals surface area (Å²) in [7, 11) is 0. The minimum absolute atomic E-state index is 0.135. The van der Waals surface area contributed by atoms with Crippen LogP contribution in [0.25, 0.3) is 11.0 Å². The van der Waals surface area contributed by atoms with Crippen LogP contribution in [0, 0.1) is 5.92 Å². The largest absolute Gasteiger partial charge is 0.492 e. The van der Waals surface area contributed by atoms with E-state index in [1.54, 1.807) is 6.07 Å². The molecule has 1 saturated carbocycles. The number of ether oxygens (including phenoxy) is 1. The van der Waals surface area contributed by atoms with Crippen LogP contribution in [0.15, 0.2) is 42.5 Å². The molecule has 0 radical (unpaired) electrons. The van der Waals surface area contributed by atoms with Gasteiger partial charge in [-0.25, -0.2) is 4.98 Å². The van der Waals surface area contributed by atoms with Crippen molar-refractivity contribution in [2.24, 2.45) is 5.92 Å². The van der Waals surface area contributed by atoms with E-state index in [4.69, 9.17) is 4.74 Å². The Hall–Kier alpha value is -2.50. The molecule has 1 N–H and O–H groups in total. The number of imidazole rings is 1. The zero-order valence-corrected chi connectivity index (χ0v) is 15.4. The zero-order valence-electron chi connectivity index (χ0n) is 15.4. The lowest BCUT2D eigenvalue weighted by molar-refractivity contribution is -0.137. The number of para-hydroxylation sites is 2. The van der Waals surface area contributed by atoms with E-state index in [9.17, 15) is 13.2 Å². The van der Waals surface area contributed by atoms with Crippen molar-refractivity contribution >= 4 is 11.0 Å². The van der Waals surface area contributed by atoms with E-state index >= 15 is 0 Å². The summed E-state index contributed by atoms with van der Waals surface area (Å²) >= 11 is 0. The highest BCUT2D eigenvalue weighted by atomic mass is 19.4. The van der Waals surface area contributed by atoms with E-state index in [0.717, 1.165) is 60.6 Å². The van der Waals surface area contributed by atoms with Gasteiger partial charge in [-0.05, 0) is 55.9 Å². The first-order valence-electron chi connectivity index (χ1n) is 9.71. The molecular formula is C22H21F3N2O. The van der Waals surface area contributed by atoms with Crippen molar-refractivity contribution in [3.63, 3.8) is 0 Å². The van der Waals surface area contributed by atoms with E-state index < -0.39 is 11.7 Å². The van der Waals surface area contributed by atoms with Crippen LogP contribution >= 0.6 is 0 Å². The minimum atomic E-state index is -4.33. The Kier molecular flexibility index (Phi) is 3.93. The Morgan fingerprint density at radius 2 is 1.89 bits per heavy atom. The number of aromatic nitrogens is 2. The Morgan fingerprint density at radius 3 is 2.64 bits per heavy atom. The van der Waals surface area contributed by atoms with Crippen molar-refractivity contribution in [3.8, 4) is 5.75 Å². The number of fused-ring (bicyclic) bond motifs is 3. The average Bonchev–Trinajstić information content (AvgIpc) is 3.24. The highest BCUT2D eigenvalue weighted by Gasteiger charge is 2.44. The molecule has 5 rings (SSSR count). The molecule has 1 fully saturated rings. The molecule has 1 aliphatic heterocycles. The Morgan fingerprint density at radius 1 is 1.11 bits per heavy atom. The molecule has 0 amide bonds. The van der Waals surface area contributed by atoms with Crippen molar-refractivity contribution in [1.29, 1.82) is 0 Å². The van der Waals surface area contributed by atoms with Gasteiger partial charge in [0.05, 0.1) is 23.2 Å². The van der Waals surface area contributed by atoms with Gasteiger partial charge in [0, 0.05) is 17.4 Å². The van der Waals surface area contributed by atoms with Crippen LogP contribution in [-0.2, 0) is 18.0 Å². The van der Waals surface area contributed by atoms with E-state index in [1.807, 2.05) is 24.3 Å². The third-order valence-corrected chi connectivity index (χ3v) is 6.37. The lowest BCUT2D eigenvalue weighted by Gasteiger charge is -2.36. The molecule has 0 atom stereocenters.